The highest BCUT2D eigenvalue weighted by Crippen LogP contribution is 2.19. The molecule has 0 spiro atoms. The average Bonchev–Trinajstić information content (AvgIpc) is 2.65. The Labute approximate surface area is 102 Å². The third-order valence-electron chi connectivity index (χ3n) is 3.04. The van der Waals surface area contributed by atoms with Crippen molar-refractivity contribution in [3.8, 4) is 0 Å². The van der Waals surface area contributed by atoms with Crippen LogP contribution in [0.2, 0.25) is 0 Å². The number of aromatic nitrogens is 2. The fourth-order valence-electron chi connectivity index (χ4n) is 2.05. The van der Waals surface area contributed by atoms with Gasteiger partial charge in [-0.3, -0.25) is 4.90 Å². The Morgan fingerprint density at radius 3 is 2.82 bits per heavy atom. The molecule has 0 bridgehead atoms. The number of nitrogens with zero attached hydrogens (tertiary/aromatic N) is 3. The van der Waals surface area contributed by atoms with Crippen LogP contribution in [0.5, 0.6) is 0 Å². The molecule has 1 saturated heterocycles. The van der Waals surface area contributed by atoms with Gasteiger partial charge in [0.15, 0.2) is 5.82 Å². The summed E-state index contributed by atoms with van der Waals surface area (Å²) < 4.78 is 5.29. The van der Waals surface area contributed by atoms with Crippen LogP contribution in [0, 0.1) is 0 Å². The SMILES string of the molecule is CC(C)(C)c1noc(CN2CCCC(N)C2)n1. The molecule has 1 unspecified atom stereocenters. The highest BCUT2D eigenvalue weighted by molar-refractivity contribution is 5.00. The Balaban J connectivity index is 1.97. The van der Waals surface area contributed by atoms with Crippen molar-refractivity contribution in [1.82, 2.24) is 15.0 Å². The van der Waals surface area contributed by atoms with Gasteiger partial charge in [0.2, 0.25) is 5.89 Å². The van der Waals surface area contributed by atoms with Crippen LogP contribution in [0.4, 0.5) is 0 Å². The first kappa shape index (κ1) is 12.5. The summed E-state index contributed by atoms with van der Waals surface area (Å²) in [6.45, 7) is 8.96. The summed E-state index contributed by atoms with van der Waals surface area (Å²) in [6, 6.07) is 0.286. The second-order valence-corrected chi connectivity index (χ2v) is 5.90. The Kier molecular flexibility index (Phi) is 3.49. The van der Waals surface area contributed by atoms with Crippen LogP contribution in [0.15, 0.2) is 4.52 Å². The molecule has 1 aromatic heterocycles. The number of piperidine rings is 1. The summed E-state index contributed by atoms with van der Waals surface area (Å²) in [4.78, 5) is 6.73. The van der Waals surface area contributed by atoms with Gasteiger partial charge in [-0.2, -0.15) is 4.98 Å². The number of likely N-dealkylation sites (tertiary alicyclic amines) is 1. The fourth-order valence-corrected chi connectivity index (χ4v) is 2.05. The molecule has 96 valence electrons. The summed E-state index contributed by atoms with van der Waals surface area (Å²) in [5, 5.41) is 4.03. The fraction of sp³-hybridized carbons (Fsp3) is 0.833. The molecule has 1 atom stereocenters. The lowest BCUT2D eigenvalue weighted by atomic mass is 9.96. The van der Waals surface area contributed by atoms with Crippen LogP contribution in [0.1, 0.15) is 45.3 Å². The van der Waals surface area contributed by atoms with E-state index in [1.165, 1.54) is 0 Å². The van der Waals surface area contributed by atoms with Crippen LogP contribution in [0.25, 0.3) is 0 Å². The van der Waals surface area contributed by atoms with Gasteiger partial charge in [0.05, 0.1) is 6.54 Å². The van der Waals surface area contributed by atoms with Crippen molar-refractivity contribution in [1.29, 1.82) is 0 Å². The zero-order chi connectivity index (χ0) is 12.5. The van der Waals surface area contributed by atoms with Crippen LogP contribution < -0.4 is 5.73 Å². The second-order valence-electron chi connectivity index (χ2n) is 5.90. The molecule has 1 aliphatic rings. The van der Waals surface area contributed by atoms with Gasteiger partial charge in [0, 0.05) is 18.0 Å². The summed E-state index contributed by atoms with van der Waals surface area (Å²) in [7, 11) is 0. The van der Waals surface area contributed by atoms with E-state index in [4.69, 9.17) is 10.3 Å². The third kappa shape index (κ3) is 3.26. The lowest BCUT2D eigenvalue weighted by molar-refractivity contribution is 0.178. The number of rotatable bonds is 2. The standard InChI is InChI=1S/C12H22N4O/c1-12(2,3)11-14-10(17-15-11)8-16-6-4-5-9(13)7-16/h9H,4-8,13H2,1-3H3. The van der Waals surface area contributed by atoms with E-state index in [2.05, 4.69) is 35.8 Å². The first-order chi connectivity index (χ1) is 7.95. The first-order valence-corrected chi connectivity index (χ1v) is 6.26. The van der Waals surface area contributed by atoms with Crippen molar-refractivity contribution >= 4 is 0 Å². The van der Waals surface area contributed by atoms with Crippen LogP contribution in [-0.2, 0) is 12.0 Å². The summed E-state index contributed by atoms with van der Waals surface area (Å²) in [5.41, 5.74) is 5.89. The normalized spacial score (nSPS) is 22.9. The van der Waals surface area contributed by atoms with Crippen molar-refractivity contribution in [3.05, 3.63) is 11.7 Å². The second kappa shape index (κ2) is 4.74. The minimum absolute atomic E-state index is 0.0555. The predicted molar refractivity (Wildman–Crippen MR) is 65.5 cm³/mol. The van der Waals surface area contributed by atoms with E-state index in [1.54, 1.807) is 0 Å². The topological polar surface area (TPSA) is 68.2 Å². The molecule has 0 radical (unpaired) electrons. The van der Waals surface area contributed by atoms with Gasteiger partial charge in [0.1, 0.15) is 0 Å². The van der Waals surface area contributed by atoms with E-state index in [0.29, 0.717) is 5.89 Å². The highest BCUT2D eigenvalue weighted by Gasteiger charge is 2.23. The Bertz CT molecular complexity index is 369. The molecule has 5 heteroatoms. The number of hydrogen-bond acceptors (Lipinski definition) is 5. The van der Waals surface area contributed by atoms with Crippen molar-refractivity contribution < 1.29 is 4.52 Å². The zero-order valence-corrected chi connectivity index (χ0v) is 10.9. The van der Waals surface area contributed by atoms with Gasteiger partial charge in [-0.15, -0.1) is 0 Å². The summed E-state index contributed by atoms with van der Waals surface area (Å²) >= 11 is 0. The van der Waals surface area contributed by atoms with E-state index in [9.17, 15) is 0 Å². The molecule has 2 rings (SSSR count). The number of hydrogen-bond donors (Lipinski definition) is 1. The van der Waals surface area contributed by atoms with Crippen molar-refractivity contribution in [2.24, 2.45) is 5.73 Å². The maximum absolute atomic E-state index is 5.94. The molecule has 0 saturated carbocycles. The van der Waals surface area contributed by atoms with Crippen molar-refractivity contribution in [2.75, 3.05) is 13.1 Å². The molecule has 2 heterocycles. The van der Waals surface area contributed by atoms with Gasteiger partial charge < -0.3 is 10.3 Å². The minimum atomic E-state index is -0.0555. The van der Waals surface area contributed by atoms with Gasteiger partial charge in [0.25, 0.3) is 0 Å². The van der Waals surface area contributed by atoms with Crippen LogP contribution in [-0.4, -0.2) is 34.2 Å². The maximum Gasteiger partial charge on any atom is 0.240 e. The van der Waals surface area contributed by atoms with Crippen molar-refractivity contribution in [2.45, 2.75) is 51.6 Å². The van der Waals surface area contributed by atoms with E-state index >= 15 is 0 Å². The van der Waals surface area contributed by atoms with Crippen LogP contribution >= 0.6 is 0 Å². The molecular weight excluding hydrogens is 216 g/mol. The minimum Gasteiger partial charge on any atom is -0.338 e. The molecule has 1 fully saturated rings. The third-order valence-corrected chi connectivity index (χ3v) is 3.04. The van der Waals surface area contributed by atoms with Gasteiger partial charge in [-0.05, 0) is 19.4 Å². The Hall–Kier alpha value is -0.940. The summed E-state index contributed by atoms with van der Waals surface area (Å²) in [5.74, 6) is 1.47. The molecule has 2 N–H and O–H groups in total. The molecule has 17 heavy (non-hydrogen) atoms. The van der Waals surface area contributed by atoms with Gasteiger partial charge >= 0.3 is 0 Å². The Morgan fingerprint density at radius 2 is 2.24 bits per heavy atom. The van der Waals surface area contributed by atoms with E-state index in [-0.39, 0.29) is 11.5 Å². The molecular formula is C12H22N4O. The average molecular weight is 238 g/mol. The predicted octanol–water partition coefficient (Wildman–Crippen LogP) is 1.29. The molecule has 1 aliphatic heterocycles. The molecule has 1 aromatic rings. The number of nitrogens with two attached hydrogens (primary N) is 1. The van der Waals surface area contributed by atoms with E-state index in [0.717, 1.165) is 38.3 Å². The zero-order valence-electron chi connectivity index (χ0n) is 10.9. The summed E-state index contributed by atoms with van der Waals surface area (Å²) in [6.07, 6.45) is 2.27. The first-order valence-electron chi connectivity index (χ1n) is 6.26. The maximum atomic E-state index is 5.94. The van der Waals surface area contributed by atoms with Crippen LogP contribution in [0.3, 0.4) is 0 Å². The monoisotopic (exact) mass is 238 g/mol. The largest absolute Gasteiger partial charge is 0.338 e. The quantitative estimate of drug-likeness (QED) is 0.841. The lowest BCUT2D eigenvalue weighted by Crippen LogP contribution is -2.42. The highest BCUT2D eigenvalue weighted by atomic mass is 16.5. The molecule has 0 aromatic carbocycles. The Morgan fingerprint density at radius 1 is 1.47 bits per heavy atom. The van der Waals surface area contributed by atoms with Crippen molar-refractivity contribution in [3.63, 3.8) is 0 Å². The molecule has 0 amide bonds. The van der Waals surface area contributed by atoms with Gasteiger partial charge in [-0.1, -0.05) is 25.9 Å². The van der Waals surface area contributed by atoms with Gasteiger partial charge in [-0.25, -0.2) is 0 Å². The smallest absolute Gasteiger partial charge is 0.240 e. The van der Waals surface area contributed by atoms with E-state index in [1.807, 2.05) is 0 Å². The lowest BCUT2D eigenvalue weighted by Gasteiger charge is -2.29. The van der Waals surface area contributed by atoms with E-state index < -0.39 is 0 Å². The molecule has 0 aliphatic carbocycles. The molecule has 5 nitrogen and oxygen atoms in total.